The van der Waals surface area contributed by atoms with Gasteiger partial charge in [0.15, 0.2) is 0 Å². The van der Waals surface area contributed by atoms with Crippen LogP contribution in [0.25, 0.3) is 0 Å². The van der Waals surface area contributed by atoms with Gasteiger partial charge in [-0.25, -0.2) is 9.18 Å². The molecule has 3 nitrogen and oxygen atoms in total. The van der Waals surface area contributed by atoms with Gasteiger partial charge in [-0.15, -0.1) is 0 Å². The topological polar surface area (TPSA) is 50.1 Å². The Morgan fingerprint density at radius 1 is 1.54 bits per heavy atom. The maximum Gasteiger partial charge on any atom is 0.340 e. The number of carbonyl (C=O) groups excluding carboxylic acids is 1. The monoisotopic (exact) mass is 177 g/mol. The van der Waals surface area contributed by atoms with Crippen molar-refractivity contribution in [3.63, 3.8) is 0 Å². The lowest BCUT2D eigenvalue weighted by Crippen LogP contribution is -1.95. The van der Waals surface area contributed by atoms with Crippen LogP contribution in [0, 0.1) is 17.1 Å². The minimum Gasteiger partial charge on any atom is -0.438 e. The zero-order valence-electron chi connectivity index (χ0n) is 6.45. The molecule has 1 heterocycles. The molecule has 0 spiro atoms. The number of hydrogen-bond acceptors (Lipinski definition) is 3. The third kappa shape index (κ3) is 1.05. The van der Waals surface area contributed by atoms with Crippen LogP contribution < -0.4 is 0 Å². The fourth-order valence-corrected chi connectivity index (χ4v) is 1.26. The van der Waals surface area contributed by atoms with Gasteiger partial charge in [-0.1, -0.05) is 6.07 Å². The molecule has 0 amide bonds. The first-order valence-corrected chi connectivity index (χ1v) is 3.62. The zero-order valence-corrected chi connectivity index (χ0v) is 6.45. The lowest BCUT2D eigenvalue weighted by molar-refractivity contribution is 0.0477. The molecule has 64 valence electrons. The summed E-state index contributed by atoms with van der Waals surface area (Å²) in [5.74, 6) is -1.14. The van der Waals surface area contributed by atoms with E-state index in [1.165, 1.54) is 12.1 Å². The van der Waals surface area contributed by atoms with E-state index in [4.69, 9.17) is 5.26 Å². The highest BCUT2D eigenvalue weighted by Gasteiger charge is 2.30. The van der Waals surface area contributed by atoms with Gasteiger partial charge in [0.05, 0.1) is 5.56 Å². The van der Waals surface area contributed by atoms with Crippen LogP contribution in [-0.4, -0.2) is 5.97 Å². The Morgan fingerprint density at radius 2 is 2.31 bits per heavy atom. The molecule has 1 atom stereocenters. The SMILES string of the molecule is N#CC1OC(=O)c2cc(F)ccc21. The Labute approximate surface area is 73.4 Å². The van der Waals surface area contributed by atoms with E-state index in [9.17, 15) is 9.18 Å². The van der Waals surface area contributed by atoms with E-state index in [1.807, 2.05) is 0 Å². The Kier molecular flexibility index (Phi) is 1.52. The summed E-state index contributed by atoms with van der Waals surface area (Å²) in [5.41, 5.74) is 0.584. The number of fused-ring (bicyclic) bond motifs is 1. The minimum atomic E-state index is -0.886. The number of nitrogens with zero attached hydrogens (tertiary/aromatic N) is 1. The van der Waals surface area contributed by atoms with Gasteiger partial charge in [0, 0.05) is 5.56 Å². The lowest BCUT2D eigenvalue weighted by Gasteiger charge is -1.97. The summed E-state index contributed by atoms with van der Waals surface area (Å²) in [4.78, 5) is 11.0. The van der Waals surface area contributed by atoms with E-state index < -0.39 is 17.9 Å². The van der Waals surface area contributed by atoms with Gasteiger partial charge in [0.2, 0.25) is 6.10 Å². The maximum atomic E-state index is 12.7. The molecule has 0 bridgehead atoms. The molecular formula is C9H4FNO2. The summed E-state index contributed by atoms with van der Waals surface area (Å²) < 4.78 is 17.3. The van der Waals surface area contributed by atoms with Crippen molar-refractivity contribution in [1.29, 1.82) is 5.26 Å². The van der Waals surface area contributed by atoms with Crippen molar-refractivity contribution in [1.82, 2.24) is 0 Å². The lowest BCUT2D eigenvalue weighted by atomic mass is 10.1. The van der Waals surface area contributed by atoms with Crippen LogP contribution in [0.3, 0.4) is 0 Å². The van der Waals surface area contributed by atoms with E-state index in [2.05, 4.69) is 4.74 Å². The molecule has 1 aromatic rings. The highest BCUT2D eigenvalue weighted by molar-refractivity contribution is 5.94. The molecule has 2 rings (SSSR count). The van der Waals surface area contributed by atoms with Crippen LogP contribution in [0.1, 0.15) is 22.0 Å². The average molecular weight is 177 g/mol. The van der Waals surface area contributed by atoms with E-state index >= 15 is 0 Å². The smallest absolute Gasteiger partial charge is 0.340 e. The molecule has 0 N–H and O–H groups in total. The van der Waals surface area contributed by atoms with Crippen LogP contribution in [0.4, 0.5) is 4.39 Å². The van der Waals surface area contributed by atoms with E-state index in [-0.39, 0.29) is 5.56 Å². The number of benzene rings is 1. The van der Waals surface area contributed by atoms with E-state index in [0.717, 1.165) is 6.07 Å². The number of ether oxygens (including phenoxy) is 1. The largest absolute Gasteiger partial charge is 0.438 e. The summed E-state index contributed by atoms with van der Waals surface area (Å²) in [7, 11) is 0. The zero-order chi connectivity index (χ0) is 9.42. The Morgan fingerprint density at radius 3 is 3.00 bits per heavy atom. The number of hydrogen-bond donors (Lipinski definition) is 0. The molecule has 0 aromatic heterocycles. The second-order valence-corrected chi connectivity index (χ2v) is 2.65. The van der Waals surface area contributed by atoms with E-state index in [1.54, 1.807) is 6.07 Å². The van der Waals surface area contributed by atoms with Gasteiger partial charge in [0.1, 0.15) is 11.9 Å². The molecule has 1 unspecified atom stereocenters. The van der Waals surface area contributed by atoms with Gasteiger partial charge in [-0.2, -0.15) is 5.26 Å². The number of esters is 1. The third-order valence-electron chi connectivity index (χ3n) is 1.86. The molecule has 1 aliphatic rings. The molecule has 0 radical (unpaired) electrons. The van der Waals surface area contributed by atoms with Crippen molar-refractivity contribution in [2.75, 3.05) is 0 Å². The first-order valence-electron chi connectivity index (χ1n) is 3.62. The number of rotatable bonds is 0. The summed E-state index contributed by atoms with van der Waals surface area (Å²) in [6.45, 7) is 0. The molecule has 1 aliphatic heterocycles. The highest BCUT2D eigenvalue weighted by Crippen LogP contribution is 2.30. The molecule has 0 aliphatic carbocycles. The van der Waals surface area contributed by atoms with Crippen molar-refractivity contribution in [2.45, 2.75) is 6.10 Å². The molecule has 13 heavy (non-hydrogen) atoms. The van der Waals surface area contributed by atoms with Crippen LogP contribution in [-0.2, 0) is 4.74 Å². The summed E-state index contributed by atoms with van der Waals surface area (Å²) in [6, 6.07) is 5.47. The number of halogens is 1. The fourth-order valence-electron chi connectivity index (χ4n) is 1.26. The normalized spacial score (nSPS) is 19.1. The van der Waals surface area contributed by atoms with Gasteiger partial charge in [-0.05, 0) is 12.1 Å². The van der Waals surface area contributed by atoms with Crippen LogP contribution in [0.15, 0.2) is 18.2 Å². The molecule has 0 fully saturated rings. The summed E-state index contributed by atoms with van der Waals surface area (Å²) in [5, 5.41) is 8.58. The first-order chi connectivity index (χ1) is 6.22. The second kappa shape index (κ2) is 2.56. The number of nitriles is 1. The van der Waals surface area contributed by atoms with Crippen molar-refractivity contribution < 1.29 is 13.9 Å². The fraction of sp³-hybridized carbons (Fsp3) is 0.111. The number of cyclic esters (lactones) is 1. The predicted molar refractivity (Wildman–Crippen MR) is 40.2 cm³/mol. The van der Waals surface area contributed by atoms with Crippen LogP contribution >= 0.6 is 0 Å². The number of carbonyl (C=O) groups is 1. The molecule has 0 saturated carbocycles. The van der Waals surface area contributed by atoms with Crippen LogP contribution in [0.5, 0.6) is 0 Å². The maximum absolute atomic E-state index is 12.7. The summed E-state index contributed by atoms with van der Waals surface area (Å²) >= 11 is 0. The molecular weight excluding hydrogens is 173 g/mol. The van der Waals surface area contributed by atoms with Crippen LogP contribution in [0.2, 0.25) is 0 Å². The highest BCUT2D eigenvalue weighted by atomic mass is 19.1. The van der Waals surface area contributed by atoms with Crippen molar-refractivity contribution in [3.8, 4) is 6.07 Å². The molecule has 4 heteroatoms. The van der Waals surface area contributed by atoms with Crippen molar-refractivity contribution >= 4 is 5.97 Å². The first kappa shape index (κ1) is 7.74. The predicted octanol–water partition coefficient (Wildman–Crippen LogP) is 1.56. The molecule has 1 aromatic carbocycles. The Bertz CT molecular complexity index is 422. The van der Waals surface area contributed by atoms with Crippen molar-refractivity contribution in [2.24, 2.45) is 0 Å². The van der Waals surface area contributed by atoms with Gasteiger partial charge in [0.25, 0.3) is 0 Å². The van der Waals surface area contributed by atoms with Crippen molar-refractivity contribution in [3.05, 3.63) is 35.1 Å². The summed E-state index contributed by atoms with van der Waals surface area (Å²) in [6.07, 6.45) is -0.886. The Hall–Kier alpha value is -1.89. The molecule has 0 saturated heterocycles. The third-order valence-corrected chi connectivity index (χ3v) is 1.86. The standard InChI is InChI=1S/C9H4FNO2/c10-5-1-2-6-7(3-5)9(12)13-8(6)4-11/h1-3,8H. The van der Waals surface area contributed by atoms with Gasteiger partial charge < -0.3 is 4.74 Å². The van der Waals surface area contributed by atoms with Gasteiger partial charge >= 0.3 is 5.97 Å². The minimum absolute atomic E-state index is 0.145. The second-order valence-electron chi connectivity index (χ2n) is 2.65. The quantitative estimate of drug-likeness (QED) is 0.565. The average Bonchev–Trinajstić information content (AvgIpc) is 2.43. The van der Waals surface area contributed by atoms with E-state index in [0.29, 0.717) is 5.56 Å². The van der Waals surface area contributed by atoms with Gasteiger partial charge in [-0.3, -0.25) is 0 Å². The Balaban J connectivity index is 2.60.